The lowest BCUT2D eigenvalue weighted by molar-refractivity contribution is -0.128. The molecule has 0 atom stereocenters. The van der Waals surface area contributed by atoms with Gasteiger partial charge in [0.25, 0.3) is 6.43 Å². The van der Waals surface area contributed by atoms with Crippen molar-refractivity contribution >= 4 is 27.5 Å². The van der Waals surface area contributed by atoms with Gasteiger partial charge in [-0.15, -0.1) is 0 Å². The van der Waals surface area contributed by atoms with Crippen LogP contribution >= 0.6 is 0 Å². The summed E-state index contributed by atoms with van der Waals surface area (Å²) in [5.41, 5.74) is 3.99. The van der Waals surface area contributed by atoms with E-state index in [1.165, 1.54) is 23.6 Å². The number of amidine groups is 1. The molecule has 1 aromatic heterocycles. The Kier molecular flexibility index (Phi) is 8.20. The number of sulfonamides is 1. The topological polar surface area (TPSA) is 115 Å². The largest absolute Gasteiger partial charge is 0.385 e. The van der Waals surface area contributed by atoms with Crippen LogP contribution in [0.25, 0.3) is 11.1 Å². The van der Waals surface area contributed by atoms with Gasteiger partial charge in [-0.1, -0.05) is 0 Å². The third-order valence-corrected chi connectivity index (χ3v) is 9.57. The van der Waals surface area contributed by atoms with Crippen LogP contribution in [0.4, 0.5) is 14.5 Å². The van der Waals surface area contributed by atoms with E-state index in [0.29, 0.717) is 74.2 Å². The van der Waals surface area contributed by atoms with Gasteiger partial charge in [0, 0.05) is 86.9 Å². The van der Waals surface area contributed by atoms with Gasteiger partial charge in [0.1, 0.15) is 5.84 Å². The molecule has 0 aliphatic carbocycles. The van der Waals surface area contributed by atoms with Crippen LogP contribution in [0.2, 0.25) is 0 Å². The summed E-state index contributed by atoms with van der Waals surface area (Å²) < 4.78 is 55.6. The van der Waals surface area contributed by atoms with Crippen molar-refractivity contribution in [3.8, 4) is 11.1 Å². The van der Waals surface area contributed by atoms with Crippen molar-refractivity contribution in [2.24, 2.45) is 7.05 Å². The number of nitrogens with zero attached hydrogens (tertiary/aromatic N) is 5. The van der Waals surface area contributed by atoms with E-state index < -0.39 is 16.4 Å². The van der Waals surface area contributed by atoms with E-state index in [0.717, 1.165) is 17.7 Å². The summed E-state index contributed by atoms with van der Waals surface area (Å²) in [5, 5.41) is 17.0. The predicted molar refractivity (Wildman–Crippen MR) is 153 cm³/mol. The molecule has 1 aromatic carbocycles. The fraction of sp³-hybridized carbons (Fsp3) is 0.536. The molecule has 2 N–H and O–H groups in total. The molecule has 1 amide bonds. The highest BCUT2D eigenvalue weighted by Gasteiger charge is 2.32. The minimum absolute atomic E-state index is 0.0378. The van der Waals surface area contributed by atoms with Crippen molar-refractivity contribution < 1.29 is 22.0 Å². The van der Waals surface area contributed by atoms with Crippen molar-refractivity contribution in [1.29, 1.82) is 5.41 Å². The lowest BCUT2D eigenvalue weighted by Gasteiger charge is -2.39. The van der Waals surface area contributed by atoms with E-state index >= 15 is 0 Å². The van der Waals surface area contributed by atoms with Gasteiger partial charge in [-0.25, -0.2) is 21.5 Å². The van der Waals surface area contributed by atoms with Gasteiger partial charge in [-0.05, 0) is 48.9 Å². The molecule has 5 rings (SSSR count). The molecule has 0 unspecified atom stereocenters. The van der Waals surface area contributed by atoms with Crippen LogP contribution in [0.5, 0.6) is 0 Å². The minimum Gasteiger partial charge on any atom is -0.385 e. The summed E-state index contributed by atoms with van der Waals surface area (Å²) in [6, 6.07) is 3.35. The number of rotatable bonds is 6. The van der Waals surface area contributed by atoms with Crippen molar-refractivity contribution in [1.82, 2.24) is 24.3 Å². The van der Waals surface area contributed by atoms with Crippen LogP contribution in [0.1, 0.15) is 50.2 Å². The number of aryl methyl sites for hydroxylation is 2. The van der Waals surface area contributed by atoms with Gasteiger partial charge in [-0.3, -0.25) is 14.9 Å². The van der Waals surface area contributed by atoms with Crippen molar-refractivity contribution in [2.75, 3.05) is 43.9 Å². The fourth-order valence-electron chi connectivity index (χ4n) is 6.02. The summed E-state index contributed by atoms with van der Waals surface area (Å²) in [4.78, 5) is 15.8. The number of alkyl halides is 2. The molecule has 1 saturated heterocycles. The van der Waals surface area contributed by atoms with E-state index in [1.807, 2.05) is 0 Å². The zero-order valence-corrected chi connectivity index (χ0v) is 24.5. The van der Waals surface area contributed by atoms with Gasteiger partial charge in [0.2, 0.25) is 15.9 Å². The Balaban J connectivity index is 1.47. The quantitative estimate of drug-likeness (QED) is 0.395. The summed E-state index contributed by atoms with van der Waals surface area (Å²) in [5.74, 6) is 0.110. The molecule has 0 spiro atoms. The van der Waals surface area contributed by atoms with Crippen LogP contribution < -0.4 is 10.2 Å². The summed E-state index contributed by atoms with van der Waals surface area (Å²) in [7, 11) is -1.50. The van der Waals surface area contributed by atoms with E-state index in [4.69, 9.17) is 0 Å². The first-order chi connectivity index (χ1) is 19.4. The molecule has 222 valence electrons. The molecular formula is C28H37F2N7O3S. The number of fused-ring (bicyclic) bond motifs is 1. The number of carbonyl (C=O) groups is 1. The van der Waals surface area contributed by atoms with E-state index in [9.17, 15) is 27.4 Å². The number of carbonyl (C=O) groups excluding carboxylic acids is 1. The fourth-order valence-corrected chi connectivity index (χ4v) is 6.90. The molecular weight excluding hydrogens is 552 g/mol. The monoisotopic (exact) mass is 589 g/mol. The van der Waals surface area contributed by atoms with Gasteiger partial charge in [0.05, 0.1) is 19.0 Å². The third kappa shape index (κ3) is 6.15. The smallest absolute Gasteiger partial charge is 0.264 e. The molecule has 0 bridgehead atoms. The van der Waals surface area contributed by atoms with Gasteiger partial charge in [-0.2, -0.15) is 5.10 Å². The maximum absolute atomic E-state index is 14.3. The number of hydrogen-bond acceptors (Lipinski definition) is 6. The highest BCUT2D eigenvalue weighted by Crippen LogP contribution is 2.39. The van der Waals surface area contributed by atoms with Gasteiger partial charge in [0.15, 0.2) is 0 Å². The highest BCUT2D eigenvalue weighted by molar-refractivity contribution is 7.88. The third-order valence-electron chi connectivity index (χ3n) is 8.27. The van der Waals surface area contributed by atoms with Crippen LogP contribution in [-0.4, -0.2) is 84.2 Å². The number of amides is 1. The standard InChI is InChI=1S/C28H37F2N7O3S/c1-18(38)35-10-8-25(33-21-6-11-36(12-7-21)41(3,39)40)24(17-35)28(31)37-9-4-5-19-13-22(20-15-32-34(2)16-20)23(27(29)30)14-26(19)37/h13-16,21,27,31,33H,4-12,17H2,1-3H3. The molecule has 1 fully saturated rings. The second-order valence-corrected chi connectivity index (χ2v) is 13.1. The lowest BCUT2D eigenvalue weighted by atomic mass is 9.92. The van der Waals surface area contributed by atoms with Crippen molar-refractivity contribution in [2.45, 2.75) is 51.5 Å². The number of aromatic nitrogens is 2. The number of nitrogens with one attached hydrogen (secondary N) is 2. The number of halogens is 2. The van der Waals surface area contributed by atoms with Crippen molar-refractivity contribution in [3.05, 3.63) is 46.9 Å². The summed E-state index contributed by atoms with van der Waals surface area (Å²) in [6.45, 7) is 3.61. The molecule has 13 heteroatoms. The zero-order valence-electron chi connectivity index (χ0n) is 23.7. The molecule has 3 aliphatic heterocycles. The second-order valence-electron chi connectivity index (χ2n) is 11.1. The normalized spacial score (nSPS) is 19.1. The Bertz CT molecular complexity index is 1480. The van der Waals surface area contributed by atoms with Crippen LogP contribution in [0.3, 0.4) is 0 Å². The molecule has 41 heavy (non-hydrogen) atoms. The van der Waals surface area contributed by atoms with E-state index in [2.05, 4.69) is 10.4 Å². The van der Waals surface area contributed by atoms with E-state index in [1.54, 1.807) is 40.0 Å². The highest BCUT2D eigenvalue weighted by atomic mass is 32.2. The Morgan fingerprint density at radius 2 is 1.88 bits per heavy atom. The lowest BCUT2D eigenvalue weighted by Crippen LogP contribution is -2.48. The Morgan fingerprint density at radius 3 is 2.49 bits per heavy atom. The summed E-state index contributed by atoms with van der Waals surface area (Å²) >= 11 is 0. The van der Waals surface area contributed by atoms with Crippen molar-refractivity contribution in [3.63, 3.8) is 0 Å². The summed E-state index contributed by atoms with van der Waals surface area (Å²) in [6.07, 6.45) is 5.08. The van der Waals surface area contributed by atoms with Crippen LogP contribution in [0, 0.1) is 5.41 Å². The molecule has 10 nitrogen and oxygen atoms in total. The molecule has 4 heterocycles. The molecule has 0 radical (unpaired) electrons. The maximum Gasteiger partial charge on any atom is 0.264 e. The maximum atomic E-state index is 14.3. The minimum atomic E-state index is -3.25. The van der Waals surface area contributed by atoms with Gasteiger partial charge >= 0.3 is 0 Å². The average Bonchev–Trinajstić information content (AvgIpc) is 3.37. The van der Waals surface area contributed by atoms with Gasteiger partial charge < -0.3 is 15.1 Å². The second kappa shape index (κ2) is 11.5. The Labute approximate surface area is 239 Å². The molecule has 3 aliphatic rings. The predicted octanol–water partition coefficient (Wildman–Crippen LogP) is 3.27. The number of anilines is 1. The SMILES string of the molecule is CC(=O)N1CCC(NC2CCN(S(C)(=O)=O)CC2)=C(C(=N)N2CCCc3cc(-c4cnn(C)c4)c(C(F)F)cc32)C1. The Morgan fingerprint density at radius 1 is 1.15 bits per heavy atom. The first-order valence-electron chi connectivity index (χ1n) is 13.9. The first kappa shape index (κ1) is 29.2. The average molecular weight is 590 g/mol. The molecule has 2 aromatic rings. The Hall–Kier alpha value is -3.32. The van der Waals surface area contributed by atoms with Crippen LogP contribution in [0.15, 0.2) is 35.8 Å². The first-order valence-corrected chi connectivity index (χ1v) is 15.8. The number of benzene rings is 1. The van der Waals surface area contributed by atoms with E-state index in [-0.39, 0.29) is 29.9 Å². The van der Waals surface area contributed by atoms with Crippen LogP contribution in [-0.2, 0) is 28.3 Å². The zero-order chi connectivity index (χ0) is 29.5. The number of hydrogen-bond donors (Lipinski definition) is 2. The molecule has 0 saturated carbocycles. The number of piperidine rings is 1.